The molecule has 0 saturated heterocycles. The summed E-state index contributed by atoms with van der Waals surface area (Å²) in [5.41, 5.74) is 7.68. The van der Waals surface area contributed by atoms with Gasteiger partial charge >= 0.3 is 0 Å². The van der Waals surface area contributed by atoms with E-state index >= 15 is 0 Å². The summed E-state index contributed by atoms with van der Waals surface area (Å²) in [6, 6.07) is 8.42. The third kappa shape index (κ3) is 3.15. The van der Waals surface area contributed by atoms with E-state index in [2.05, 4.69) is 0 Å². The third-order valence-corrected chi connectivity index (χ3v) is 3.54. The fraction of sp³-hybridized carbons (Fsp3) is 0.200. The lowest BCUT2D eigenvalue weighted by molar-refractivity contribution is -0.385. The van der Waals surface area contributed by atoms with Gasteiger partial charge < -0.3 is 10.5 Å². The molecule has 0 aliphatic carbocycles. The smallest absolute Gasteiger partial charge is 0.272 e. The second-order valence-electron chi connectivity index (χ2n) is 4.68. The maximum Gasteiger partial charge on any atom is 0.272 e. The number of halogens is 1. The monoisotopic (exact) mass is 306 g/mol. The highest BCUT2D eigenvalue weighted by Crippen LogP contribution is 2.34. The molecule has 0 aromatic heterocycles. The molecule has 2 N–H and O–H groups in total. The first-order valence-corrected chi connectivity index (χ1v) is 6.72. The molecule has 0 atom stereocenters. The highest BCUT2D eigenvalue weighted by Gasteiger charge is 2.15. The number of nitro benzene ring substituents is 1. The summed E-state index contributed by atoms with van der Waals surface area (Å²) in [6.45, 7) is 3.68. The summed E-state index contributed by atoms with van der Waals surface area (Å²) in [4.78, 5) is 10.5. The average molecular weight is 307 g/mol. The molecule has 0 fully saturated rings. The van der Waals surface area contributed by atoms with Crippen LogP contribution in [0.2, 0.25) is 5.02 Å². The van der Waals surface area contributed by atoms with E-state index in [1.54, 1.807) is 38.1 Å². The summed E-state index contributed by atoms with van der Waals surface area (Å²) in [5.74, 6) is 1.11. The number of nitro groups is 1. The molecule has 0 radical (unpaired) electrons. The summed E-state index contributed by atoms with van der Waals surface area (Å²) in [6.07, 6.45) is 0. The Morgan fingerprint density at radius 1 is 1.24 bits per heavy atom. The largest absolute Gasteiger partial charge is 0.457 e. The number of aryl methyl sites for hydroxylation is 2. The first-order valence-electron chi connectivity index (χ1n) is 6.35. The number of benzene rings is 2. The van der Waals surface area contributed by atoms with Crippen molar-refractivity contribution in [3.63, 3.8) is 0 Å². The van der Waals surface area contributed by atoms with Crippen LogP contribution in [0, 0.1) is 24.0 Å². The Morgan fingerprint density at radius 3 is 2.57 bits per heavy atom. The molecule has 21 heavy (non-hydrogen) atoms. The lowest BCUT2D eigenvalue weighted by atomic mass is 10.1. The minimum absolute atomic E-state index is 0.0741. The second kappa shape index (κ2) is 6.11. The molecule has 0 spiro atoms. The van der Waals surface area contributed by atoms with E-state index in [1.807, 2.05) is 0 Å². The quantitative estimate of drug-likeness (QED) is 0.681. The van der Waals surface area contributed by atoms with Gasteiger partial charge in [-0.1, -0.05) is 17.7 Å². The minimum Gasteiger partial charge on any atom is -0.457 e. The van der Waals surface area contributed by atoms with Crippen LogP contribution < -0.4 is 10.5 Å². The maximum absolute atomic E-state index is 10.9. The number of ether oxygens (including phenoxy) is 1. The number of rotatable bonds is 4. The zero-order chi connectivity index (χ0) is 15.6. The summed E-state index contributed by atoms with van der Waals surface area (Å²) >= 11 is 6.08. The van der Waals surface area contributed by atoms with E-state index in [4.69, 9.17) is 22.1 Å². The van der Waals surface area contributed by atoms with Gasteiger partial charge in [0.15, 0.2) is 0 Å². The van der Waals surface area contributed by atoms with E-state index in [-0.39, 0.29) is 12.2 Å². The molecule has 0 bridgehead atoms. The molecule has 110 valence electrons. The van der Waals surface area contributed by atoms with Crippen molar-refractivity contribution in [3.05, 3.63) is 62.2 Å². The SMILES string of the molecule is Cc1cc([N+](=O)[O-])c(C)cc1Oc1cccc(Cl)c1CN. The van der Waals surface area contributed by atoms with E-state index in [9.17, 15) is 10.1 Å². The molecule has 0 aliphatic heterocycles. The van der Waals surface area contributed by atoms with Crippen LogP contribution in [0.5, 0.6) is 11.5 Å². The van der Waals surface area contributed by atoms with Gasteiger partial charge in [0, 0.05) is 28.8 Å². The molecule has 0 saturated carbocycles. The van der Waals surface area contributed by atoms with Crippen molar-refractivity contribution >= 4 is 17.3 Å². The molecule has 2 rings (SSSR count). The van der Waals surface area contributed by atoms with E-state index in [1.165, 1.54) is 6.07 Å². The highest BCUT2D eigenvalue weighted by atomic mass is 35.5. The van der Waals surface area contributed by atoms with E-state index in [0.29, 0.717) is 33.2 Å². The van der Waals surface area contributed by atoms with Crippen molar-refractivity contribution in [3.8, 4) is 11.5 Å². The number of nitrogens with two attached hydrogens (primary N) is 1. The second-order valence-corrected chi connectivity index (χ2v) is 5.09. The molecule has 0 unspecified atom stereocenters. The molecule has 5 nitrogen and oxygen atoms in total. The third-order valence-electron chi connectivity index (χ3n) is 3.19. The van der Waals surface area contributed by atoms with Crippen LogP contribution in [-0.2, 0) is 6.54 Å². The topological polar surface area (TPSA) is 78.4 Å². The van der Waals surface area contributed by atoms with Crippen molar-refractivity contribution in [2.45, 2.75) is 20.4 Å². The van der Waals surface area contributed by atoms with E-state index < -0.39 is 4.92 Å². The van der Waals surface area contributed by atoms with Gasteiger partial charge in [-0.3, -0.25) is 10.1 Å². The lowest BCUT2D eigenvalue weighted by Gasteiger charge is -2.13. The average Bonchev–Trinajstić information content (AvgIpc) is 2.42. The number of hydrogen-bond donors (Lipinski definition) is 1. The normalized spacial score (nSPS) is 10.5. The standard InChI is InChI=1S/C15H15ClN2O3/c1-9-7-15(10(2)6-13(9)18(19)20)21-14-5-3-4-12(16)11(14)8-17/h3-7H,8,17H2,1-2H3. The van der Waals surface area contributed by atoms with Gasteiger partial charge in [-0.05, 0) is 37.6 Å². The first-order chi connectivity index (χ1) is 9.93. The van der Waals surface area contributed by atoms with Gasteiger partial charge in [-0.2, -0.15) is 0 Å². The van der Waals surface area contributed by atoms with Crippen LogP contribution in [0.25, 0.3) is 0 Å². The molecular weight excluding hydrogens is 292 g/mol. The predicted molar refractivity (Wildman–Crippen MR) is 82.0 cm³/mol. The molecule has 0 heterocycles. The summed E-state index contributed by atoms with van der Waals surface area (Å²) in [7, 11) is 0. The van der Waals surface area contributed by atoms with Crippen LogP contribution in [0.1, 0.15) is 16.7 Å². The van der Waals surface area contributed by atoms with Crippen LogP contribution in [0.4, 0.5) is 5.69 Å². The number of nitrogens with zero attached hydrogens (tertiary/aromatic N) is 1. The lowest BCUT2D eigenvalue weighted by Crippen LogP contribution is -2.01. The van der Waals surface area contributed by atoms with Crippen LogP contribution >= 0.6 is 11.6 Å². The Labute approximate surface area is 127 Å². The van der Waals surface area contributed by atoms with Gasteiger partial charge in [-0.25, -0.2) is 0 Å². The Bertz CT molecular complexity index is 702. The molecule has 6 heteroatoms. The Morgan fingerprint density at radius 2 is 1.95 bits per heavy atom. The van der Waals surface area contributed by atoms with Crippen molar-refractivity contribution < 1.29 is 9.66 Å². The van der Waals surface area contributed by atoms with E-state index in [0.717, 1.165) is 0 Å². The molecule has 0 amide bonds. The minimum atomic E-state index is -0.406. The maximum atomic E-state index is 10.9. The van der Waals surface area contributed by atoms with Crippen molar-refractivity contribution in [2.75, 3.05) is 0 Å². The zero-order valence-corrected chi connectivity index (χ0v) is 12.5. The Balaban J connectivity index is 2.43. The molecule has 0 aliphatic rings. The van der Waals surface area contributed by atoms with Crippen molar-refractivity contribution in [1.29, 1.82) is 0 Å². The van der Waals surface area contributed by atoms with Crippen molar-refractivity contribution in [2.24, 2.45) is 5.73 Å². The van der Waals surface area contributed by atoms with Gasteiger partial charge in [0.05, 0.1) is 4.92 Å². The molecule has 2 aromatic rings. The molecular formula is C15H15ClN2O3. The zero-order valence-electron chi connectivity index (χ0n) is 11.7. The Kier molecular flexibility index (Phi) is 4.45. The predicted octanol–water partition coefficient (Wildman–Crippen LogP) is 4.12. The van der Waals surface area contributed by atoms with Gasteiger partial charge in [0.25, 0.3) is 5.69 Å². The Hall–Kier alpha value is -2.11. The first kappa shape index (κ1) is 15.3. The number of hydrogen-bond acceptors (Lipinski definition) is 4. The van der Waals surface area contributed by atoms with Gasteiger partial charge in [-0.15, -0.1) is 0 Å². The molecule has 2 aromatic carbocycles. The van der Waals surface area contributed by atoms with Crippen LogP contribution in [-0.4, -0.2) is 4.92 Å². The van der Waals surface area contributed by atoms with Gasteiger partial charge in [0.2, 0.25) is 0 Å². The van der Waals surface area contributed by atoms with Crippen LogP contribution in [0.3, 0.4) is 0 Å². The fourth-order valence-electron chi connectivity index (χ4n) is 2.03. The van der Waals surface area contributed by atoms with Gasteiger partial charge in [0.1, 0.15) is 11.5 Å². The van der Waals surface area contributed by atoms with Crippen LogP contribution in [0.15, 0.2) is 30.3 Å². The summed E-state index contributed by atoms with van der Waals surface area (Å²) < 4.78 is 5.84. The highest BCUT2D eigenvalue weighted by molar-refractivity contribution is 6.31. The summed E-state index contributed by atoms with van der Waals surface area (Å²) in [5, 5.41) is 11.5. The fourth-order valence-corrected chi connectivity index (χ4v) is 2.28. The van der Waals surface area contributed by atoms with Crippen molar-refractivity contribution in [1.82, 2.24) is 0 Å².